The summed E-state index contributed by atoms with van der Waals surface area (Å²) in [7, 11) is 0. The van der Waals surface area contributed by atoms with E-state index in [9.17, 15) is 0 Å². The maximum Gasteiger partial charge on any atom is 0.114 e. The third kappa shape index (κ3) is 2.14. The van der Waals surface area contributed by atoms with Crippen molar-refractivity contribution < 1.29 is 0 Å². The molecule has 0 aliphatic heterocycles. The fourth-order valence-corrected chi connectivity index (χ4v) is 2.59. The van der Waals surface area contributed by atoms with Gasteiger partial charge in [0.15, 0.2) is 0 Å². The van der Waals surface area contributed by atoms with Crippen LogP contribution in [0.25, 0.3) is 11.0 Å². The molecular weight excluding hydrogens is 232 g/mol. The fourth-order valence-electron chi connectivity index (χ4n) is 2.59. The summed E-state index contributed by atoms with van der Waals surface area (Å²) in [6, 6.07) is 14.8. The summed E-state index contributed by atoms with van der Waals surface area (Å²) in [6.07, 6.45) is 0. The molecule has 0 aliphatic carbocycles. The van der Waals surface area contributed by atoms with Gasteiger partial charge in [0, 0.05) is 5.92 Å². The lowest BCUT2D eigenvalue weighted by Crippen LogP contribution is -1.97. The highest BCUT2D eigenvalue weighted by Gasteiger charge is 2.13. The van der Waals surface area contributed by atoms with Gasteiger partial charge in [0.25, 0.3) is 0 Å². The minimum Gasteiger partial charge on any atom is -0.341 e. The van der Waals surface area contributed by atoms with Gasteiger partial charge in [0.05, 0.1) is 11.0 Å². The van der Waals surface area contributed by atoms with Crippen molar-refractivity contribution in [1.29, 1.82) is 0 Å². The zero-order valence-electron chi connectivity index (χ0n) is 11.6. The van der Waals surface area contributed by atoms with Gasteiger partial charge >= 0.3 is 0 Å². The van der Waals surface area contributed by atoms with Gasteiger partial charge in [-0.2, -0.15) is 0 Å². The molecule has 1 N–H and O–H groups in total. The first kappa shape index (κ1) is 12.0. The normalized spacial score (nSPS) is 12.8. The molecule has 1 unspecified atom stereocenters. The highest BCUT2D eigenvalue weighted by atomic mass is 14.9. The van der Waals surface area contributed by atoms with E-state index in [4.69, 9.17) is 4.98 Å². The smallest absolute Gasteiger partial charge is 0.114 e. The second-order valence-corrected chi connectivity index (χ2v) is 5.23. The van der Waals surface area contributed by atoms with Gasteiger partial charge in [-0.15, -0.1) is 0 Å². The van der Waals surface area contributed by atoms with Gasteiger partial charge in [0.2, 0.25) is 0 Å². The molecule has 0 radical (unpaired) electrons. The quantitative estimate of drug-likeness (QED) is 0.720. The topological polar surface area (TPSA) is 28.7 Å². The van der Waals surface area contributed by atoms with Gasteiger partial charge < -0.3 is 4.98 Å². The van der Waals surface area contributed by atoms with Crippen LogP contribution in [0.1, 0.15) is 35.4 Å². The molecule has 1 aromatic heterocycles. The number of aryl methyl sites for hydroxylation is 2. The standard InChI is InChI=1S/C17H18N2/c1-11-9-12(2)16-15(10-11)18-17(19-16)13(3)14-7-5-4-6-8-14/h4-10,13H,1-3H3,(H,18,19). The predicted octanol–water partition coefficient (Wildman–Crippen LogP) is 4.33. The summed E-state index contributed by atoms with van der Waals surface area (Å²) in [5.41, 5.74) is 6.01. The van der Waals surface area contributed by atoms with Crippen LogP contribution in [0.15, 0.2) is 42.5 Å². The van der Waals surface area contributed by atoms with E-state index in [-0.39, 0.29) is 5.92 Å². The van der Waals surface area contributed by atoms with Crippen molar-refractivity contribution in [3.8, 4) is 0 Å². The number of rotatable bonds is 2. The van der Waals surface area contributed by atoms with Crippen LogP contribution < -0.4 is 0 Å². The molecule has 2 aromatic carbocycles. The number of hydrogen-bond acceptors (Lipinski definition) is 1. The molecule has 0 aliphatic rings. The monoisotopic (exact) mass is 250 g/mol. The second-order valence-electron chi connectivity index (χ2n) is 5.23. The average Bonchev–Trinajstić information content (AvgIpc) is 2.83. The van der Waals surface area contributed by atoms with E-state index in [2.05, 4.69) is 62.2 Å². The number of nitrogens with zero attached hydrogens (tertiary/aromatic N) is 1. The van der Waals surface area contributed by atoms with E-state index in [1.807, 2.05) is 6.07 Å². The van der Waals surface area contributed by atoms with Crippen LogP contribution in [0, 0.1) is 13.8 Å². The Labute approximate surface area is 113 Å². The van der Waals surface area contributed by atoms with E-state index >= 15 is 0 Å². The molecule has 0 bridgehead atoms. The number of aromatic nitrogens is 2. The van der Waals surface area contributed by atoms with E-state index in [0.29, 0.717) is 0 Å². The summed E-state index contributed by atoms with van der Waals surface area (Å²) < 4.78 is 0. The number of benzene rings is 2. The first-order chi connectivity index (χ1) is 9.15. The SMILES string of the molecule is Cc1cc(C)c2nc(C(C)c3ccccc3)[nH]c2c1. The molecular formula is C17H18N2. The number of hydrogen-bond donors (Lipinski definition) is 1. The number of aromatic amines is 1. The van der Waals surface area contributed by atoms with Crippen molar-refractivity contribution in [3.63, 3.8) is 0 Å². The maximum atomic E-state index is 4.77. The minimum absolute atomic E-state index is 0.285. The summed E-state index contributed by atoms with van der Waals surface area (Å²) >= 11 is 0. The van der Waals surface area contributed by atoms with Crippen LogP contribution in [0.5, 0.6) is 0 Å². The Bertz CT molecular complexity index is 711. The molecule has 1 heterocycles. The zero-order chi connectivity index (χ0) is 13.4. The first-order valence-corrected chi connectivity index (χ1v) is 6.67. The van der Waals surface area contributed by atoms with Crippen molar-refractivity contribution in [3.05, 3.63) is 65.0 Å². The largest absolute Gasteiger partial charge is 0.341 e. The highest BCUT2D eigenvalue weighted by molar-refractivity contribution is 5.79. The molecule has 0 saturated carbocycles. The highest BCUT2D eigenvalue weighted by Crippen LogP contribution is 2.25. The molecule has 1 atom stereocenters. The molecule has 0 fully saturated rings. The van der Waals surface area contributed by atoms with E-state index in [0.717, 1.165) is 16.9 Å². The summed E-state index contributed by atoms with van der Waals surface area (Å²) in [4.78, 5) is 8.24. The molecule has 96 valence electrons. The van der Waals surface area contributed by atoms with Gasteiger partial charge in [-0.1, -0.05) is 43.3 Å². The van der Waals surface area contributed by atoms with Gasteiger partial charge in [0.1, 0.15) is 5.82 Å². The molecule has 3 aromatic rings. The number of imidazole rings is 1. The maximum absolute atomic E-state index is 4.77. The Morgan fingerprint density at radius 2 is 1.79 bits per heavy atom. The molecule has 0 amide bonds. The Kier molecular flexibility index (Phi) is 2.86. The van der Waals surface area contributed by atoms with E-state index in [1.165, 1.54) is 16.7 Å². The molecule has 3 rings (SSSR count). The van der Waals surface area contributed by atoms with Crippen LogP contribution >= 0.6 is 0 Å². The minimum atomic E-state index is 0.285. The van der Waals surface area contributed by atoms with Crippen molar-refractivity contribution in [1.82, 2.24) is 9.97 Å². The van der Waals surface area contributed by atoms with Crippen LogP contribution in [0.2, 0.25) is 0 Å². The first-order valence-electron chi connectivity index (χ1n) is 6.67. The molecule has 19 heavy (non-hydrogen) atoms. The Hall–Kier alpha value is -2.09. The fraction of sp³-hybridized carbons (Fsp3) is 0.235. The van der Waals surface area contributed by atoms with Crippen molar-refractivity contribution in [2.75, 3.05) is 0 Å². The average molecular weight is 250 g/mol. The summed E-state index contributed by atoms with van der Waals surface area (Å²) in [5.74, 6) is 1.32. The number of fused-ring (bicyclic) bond motifs is 1. The van der Waals surface area contributed by atoms with Crippen LogP contribution in [0.4, 0.5) is 0 Å². The lowest BCUT2D eigenvalue weighted by atomic mass is 10.0. The third-order valence-electron chi connectivity index (χ3n) is 3.65. The van der Waals surface area contributed by atoms with Crippen LogP contribution in [-0.2, 0) is 0 Å². The van der Waals surface area contributed by atoms with Crippen LogP contribution in [-0.4, -0.2) is 9.97 Å². The lowest BCUT2D eigenvalue weighted by Gasteiger charge is -2.07. The lowest BCUT2D eigenvalue weighted by molar-refractivity contribution is 0.845. The Balaban J connectivity index is 2.09. The van der Waals surface area contributed by atoms with Crippen molar-refractivity contribution in [2.45, 2.75) is 26.7 Å². The molecule has 0 spiro atoms. The summed E-state index contributed by atoms with van der Waals surface area (Å²) in [5, 5.41) is 0. The number of H-pyrrole nitrogens is 1. The molecule has 2 heteroatoms. The second kappa shape index (κ2) is 4.54. The molecule has 2 nitrogen and oxygen atoms in total. The zero-order valence-corrected chi connectivity index (χ0v) is 11.6. The van der Waals surface area contributed by atoms with Crippen molar-refractivity contribution in [2.24, 2.45) is 0 Å². The summed E-state index contributed by atoms with van der Waals surface area (Å²) in [6.45, 7) is 6.43. The van der Waals surface area contributed by atoms with Crippen LogP contribution in [0.3, 0.4) is 0 Å². The molecule has 0 saturated heterocycles. The predicted molar refractivity (Wildman–Crippen MR) is 79.5 cm³/mol. The third-order valence-corrected chi connectivity index (χ3v) is 3.65. The Morgan fingerprint density at radius 1 is 1.05 bits per heavy atom. The van der Waals surface area contributed by atoms with E-state index < -0.39 is 0 Å². The van der Waals surface area contributed by atoms with Gasteiger partial charge in [-0.25, -0.2) is 4.98 Å². The van der Waals surface area contributed by atoms with Gasteiger partial charge in [-0.3, -0.25) is 0 Å². The van der Waals surface area contributed by atoms with E-state index in [1.54, 1.807) is 0 Å². The number of nitrogens with one attached hydrogen (secondary N) is 1. The Morgan fingerprint density at radius 3 is 2.53 bits per heavy atom. The van der Waals surface area contributed by atoms with Crippen molar-refractivity contribution >= 4 is 11.0 Å². The van der Waals surface area contributed by atoms with Gasteiger partial charge in [-0.05, 0) is 36.6 Å².